The molecule has 1 aromatic rings. The molecule has 22 heavy (non-hydrogen) atoms. The van der Waals surface area contributed by atoms with Crippen LogP contribution >= 0.6 is 0 Å². The predicted octanol–water partition coefficient (Wildman–Crippen LogP) is -0.0607. The van der Waals surface area contributed by atoms with Gasteiger partial charge in [0.25, 0.3) is 0 Å². The fourth-order valence-corrected chi connectivity index (χ4v) is 2.98. The normalized spacial score (nSPS) is 28.2. The number of hydrogen-bond donors (Lipinski definition) is 3. The molecule has 2 aliphatic rings. The number of amides is 2. The third-order valence-electron chi connectivity index (χ3n) is 4.29. The van der Waals surface area contributed by atoms with Crippen molar-refractivity contribution in [2.45, 2.75) is 38.0 Å². The van der Waals surface area contributed by atoms with E-state index in [9.17, 15) is 14.7 Å². The number of carbonyl (C=O) groups is 2. The molecular formula is C16H21N3O3. The summed E-state index contributed by atoms with van der Waals surface area (Å²) in [5, 5.41) is 15.2. The molecule has 2 saturated heterocycles. The largest absolute Gasteiger partial charge is 0.392 e. The molecule has 2 amide bonds. The Morgan fingerprint density at radius 1 is 1.36 bits per heavy atom. The van der Waals surface area contributed by atoms with E-state index < -0.39 is 18.2 Å². The fraction of sp³-hybridized carbons (Fsp3) is 0.500. The van der Waals surface area contributed by atoms with Gasteiger partial charge in [-0.2, -0.15) is 0 Å². The summed E-state index contributed by atoms with van der Waals surface area (Å²) < 4.78 is 0. The standard InChI is InChI=1S/C16H21N3O3/c1-10-2-4-11(5-3-10)19-7-6-13(16(19)22)18-15(21)14-8-12(20)9-17-14/h2-5,12-14,17,20H,6-9H2,1H3,(H,18,21). The van der Waals surface area contributed by atoms with Gasteiger partial charge in [-0.3, -0.25) is 9.59 Å². The van der Waals surface area contributed by atoms with Gasteiger partial charge in [0, 0.05) is 18.8 Å². The Morgan fingerprint density at radius 2 is 2.09 bits per heavy atom. The number of aliphatic hydroxyl groups is 1. The zero-order valence-corrected chi connectivity index (χ0v) is 12.6. The van der Waals surface area contributed by atoms with Crippen molar-refractivity contribution in [1.82, 2.24) is 10.6 Å². The van der Waals surface area contributed by atoms with Gasteiger partial charge in [-0.25, -0.2) is 0 Å². The van der Waals surface area contributed by atoms with Crippen LogP contribution in [0.5, 0.6) is 0 Å². The highest BCUT2D eigenvalue weighted by atomic mass is 16.3. The first kappa shape index (κ1) is 15.0. The van der Waals surface area contributed by atoms with Gasteiger partial charge in [0.1, 0.15) is 6.04 Å². The highest BCUT2D eigenvalue weighted by Gasteiger charge is 2.36. The summed E-state index contributed by atoms with van der Waals surface area (Å²) in [6.45, 7) is 3.03. The second-order valence-electron chi connectivity index (χ2n) is 6.03. The summed E-state index contributed by atoms with van der Waals surface area (Å²) in [7, 11) is 0. The molecule has 118 valence electrons. The third-order valence-corrected chi connectivity index (χ3v) is 4.29. The molecule has 1 aromatic carbocycles. The van der Waals surface area contributed by atoms with Crippen molar-refractivity contribution < 1.29 is 14.7 Å². The predicted molar refractivity (Wildman–Crippen MR) is 82.5 cm³/mol. The van der Waals surface area contributed by atoms with Crippen molar-refractivity contribution in [3.05, 3.63) is 29.8 Å². The monoisotopic (exact) mass is 303 g/mol. The lowest BCUT2D eigenvalue weighted by atomic mass is 10.1. The van der Waals surface area contributed by atoms with Gasteiger partial charge >= 0.3 is 0 Å². The molecule has 2 fully saturated rings. The molecule has 0 bridgehead atoms. The Labute approximate surface area is 129 Å². The number of benzene rings is 1. The fourth-order valence-electron chi connectivity index (χ4n) is 2.98. The lowest BCUT2D eigenvalue weighted by Gasteiger charge is -2.18. The van der Waals surface area contributed by atoms with E-state index >= 15 is 0 Å². The van der Waals surface area contributed by atoms with Gasteiger partial charge in [-0.05, 0) is 31.9 Å². The molecule has 0 aliphatic carbocycles. The van der Waals surface area contributed by atoms with Crippen LogP contribution in [-0.2, 0) is 9.59 Å². The third kappa shape index (κ3) is 2.98. The van der Waals surface area contributed by atoms with E-state index in [-0.39, 0.29) is 11.8 Å². The first-order chi connectivity index (χ1) is 10.5. The minimum atomic E-state index is -0.487. The number of β-amino-alcohol motifs (C(OH)–C–C–N with tert-alkyl or cyclic N) is 1. The van der Waals surface area contributed by atoms with Crippen molar-refractivity contribution in [2.75, 3.05) is 18.0 Å². The Morgan fingerprint density at radius 3 is 2.73 bits per heavy atom. The maximum Gasteiger partial charge on any atom is 0.249 e. The Balaban J connectivity index is 1.61. The quantitative estimate of drug-likeness (QED) is 0.731. The number of nitrogens with one attached hydrogen (secondary N) is 2. The topological polar surface area (TPSA) is 81.7 Å². The minimum Gasteiger partial charge on any atom is -0.392 e. The maximum absolute atomic E-state index is 12.4. The zero-order valence-electron chi connectivity index (χ0n) is 12.6. The minimum absolute atomic E-state index is 0.0734. The summed E-state index contributed by atoms with van der Waals surface area (Å²) in [5.41, 5.74) is 2.01. The highest BCUT2D eigenvalue weighted by molar-refractivity contribution is 6.01. The van der Waals surface area contributed by atoms with Crippen molar-refractivity contribution in [3.8, 4) is 0 Å². The summed E-state index contributed by atoms with van der Waals surface area (Å²) in [4.78, 5) is 26.3. The molecule has 0 spiro atoms. The average molecular weight is 303 g/mol. The highest BCUT2D eigenvalue weighted by Crippen LogP contribution is 2.22. The van der Waals surface area contributed by atoms with Crippen LogP contribution in [0, 0.1) is 6.92 Å². The first-order valence-corrected chi connectivity index (χ1v) is 7.64. The molecule has 2 heterocycles. The number of nitrogens with zero attached hydrogens (tertiary/aromatic N) is 1. The average Bonchev–Trinajstić information content (AvgIpc) is 3.08. The number of hydrogen-bond acceptors (Lipinski definition) is 4. The Kier molecular flexibility index (Phi) is 4.13. The lowest BCUT2D eigenvalue weighted by Crippen LogP contribution is -2.48. The van der Waals surface area contributed by atoms with Crippen LogP contribution in [0.15, 0.2) is 24.3 Å². The summed E-state index contributed by atoms with van der Waals surface area (Å²) >= 11 is 0. The van der Waals surface area contributed by atoms with Crippen LogP contribution in [-0.4, -0.2) is 48.2 Å². The molecule has 3 unspecified atom stereocenters. The van der Waals surface area contributed by atoms with Gasteiger partial charge in [0.05, 0.1) is 12.1 Å². The summed E-state index contributed by atoms with van der Waals surface area (Å²) in [5.74, 6) is -0.281. The smallest absolute Gasteiger partial charge is 0.249 e. The van der Waals surface area contributed by atoms with E-state index in [4.69, 9.17) is 0 Å². The van der Waals surface area contributed by atoms with E-state index in [0.29, 0.717) is 25.9 Å². The van der Waals surface area contributed by atoms with Gasteiger partial charge in [-0.15, -0.1) is 0 Å². The molecule has 6 nitrogen and oxygen atoms in total. The summed E-state index contributed by atoms with van der Waals surface area (Å²) in [6, 6.07) is 6.90. The molecular weight excluding hydrogens is 282 g/mol. The Hall–Kier alpha value is -1.92. The number of rotatable bonds is 3. The first-order valence-electron chi connectivity index (χ1n) is 7.64. The zero-order chi connectivity index (χ0) is 15.7. The molecule has 0 radical (unpaired) electrons. The molecule has 2 aliphatic heterocycles. The van der Waals surface area contributed by atoms with Crippen LogP contribution in [0.25, 0.3) is 0 Å². The van der Waals surface area contributed by atoms with Crippen LogP contribution in [0.4, 0.5) is 5.69 Å². The van der Waals surface area contributed by atoms with Crippen LogP contribution < -0.4 is 15.5 Å². The van der Waals surface area contributed by atoms with Crippen molar-refractivity contribution in [3.63, 3.8) is 0 Å². The SMILES string of the molecule is Cc1ccc(N2CCC(NC(=O)C3CC(O)CN3)C2=O)cc1. The van der Waals surface area contributed by atoms with Crippen LogP contribution in [0.3, 0.4) is 0 Å². The van der Waals surface area contributed by atoms with E-state index in [2.05, 4.69) is 10.6 Å². The molecule has 0 aromatic heterocycles. The van der Waals surface area contributed by atoms with E-state index in [1.807, 2.05) is 31.2 Å². The lowest BCUT2D eigenvalue weighted by molar-refractivity contribution is -0.127. The van der Waals surface area contributed by atoms with Gasteiger partial charge in [-0.1, -0.05) is 17.7 Å². The second kappa shape index (κ2) is 6.06. The van der Waals surface area contributed by atoms with Gasteiger partial charge < -0.3 is 20.6 Å². The number of aryl methyl sites for hydroxylation is 1. The van der Waals surface area contributed by atoms with Crippen LogP contribution in [0.1, 0.15) is 18.4 Å². The Bertz CT molecular complexity index is 573. The van der Waals surface area contributed by atoms with Gasteiger partial charge in [0.15, 0.2) is 0 Å². The number of carbonyl (C=O) groups excluding carboxylic acids is 2. The maximum atomic E-state index is 12.4. The molecule has 3 atom stereocenters. The van der Waals surface area contributed by atoms with Crippen molar-refractivity contribution in [2.24, 2.45) is 0 Å². The molecule has 0 saturated carbocycles. The number of anilines is 1. The summed E-state index contributed by atoms with van der Waals surface area (Å²) in [6.07, 6.45) is 0.515. The number of aliphatic hydroxyl groups excluding tert-OH is 1. The van der Waals surface area contributed by atoms with Gasteiger partial charge in [0.2, 0.25) is 11.8 Å². The van der Waals surface area contributed by atoms with Crippen molar-refractivity contribution >= 4 is 17.5 Å². The molecule has 6 heteroatoms. The van der Waals surface area contributed by atoms with Crippen LogP contribution in [0.2, 0.25) is 0 Å². The molecule has 3 N–H and O–H groups in total. The second-order valence-corrected chi connectivity index (χ2v) is 6.03. The van der Waals surface area contributed by atoms with E-state index in [0.717, 1.165) is 11.3 Å². The van der Waals surface area contributed by atoms with E-state index in [1.165, 1.54) is 0 Å². The molecule has 3 rings (SSSR count). The van der Waals surface area contributed by atoms with E-state index in [1.54, 1.807) is 4.90 Å². The van der Waals surface area contributed by atoms with Crippen molar-refractivity contribution in [1.29, 1.82) is 0 Å².